The standard InChI is InChI=1S/C19H31FN2O2.2ClH/c1-5-22(6-2)13-12-21-18(16-7-9-17(20)10-8-16)19(23)24-14-11-15(3)4;;/h7-10,15,18,21H,5-6,11-14H2,1-4H3;2*1H. The summed E-state index contributed by atoms with van der Waals surface area (Å²) in [6.07, 6.45) is 0.853. The van der Waals surface area contributed by atoms with Crippen molar-refractivity contribution in [2.24, 2.45) is 5.92 Å². The Morgan fingerprint density at radius 3 is 2.23 bits per heavy atom. The van der Waals surface area contributed by atoms with Crippen LogP contribution in [0.25, 0.3) is 0 Å². The SMILES string of the molecule is CC[NH+](CC)CC[NH2+]C(C(=O)OCCC(C)C)c1ccc(F)cc1.[Cl-].[Cl-]. The van der Waals surface area contributed by atoms with Gasteiger partial charge in [-0.15, -0.1) is 0 Å². The van der Waals surface area contributed by atoms with E-state index in [1.54, 1.807) is 12.1 Å². The molecule has 1 atom stereocenters. The van der Waals surface area contributed by atoms with Gasteiger partial charge in [-0.1, -0.05) is 13.8 Å². The zero-order valence-corrected chi connectivity index (χ0v) is 17.7. The molecule has 26 heavy (non-hydrogen) atoms. The van der Waals surface area contributed by atoms with E-state index in [-0.39, 0.29) is 36.6 Å². The lowest BCUT2D eigenvalue weighted by atomic mass is 10.1. The third-order valence-corrected chi connectivity index (χ3v) is 4.32. The van der Waals surface area contributed by atoms with Gasteiger partial charge in [-0.2, -0.15) is 0 Å². The summed E-state index contributed by atoms with van der Waals surface area (Å²) in [5.41, 5.74) is 0.792. The number of nitrogens with one attached hydrogen (secondary N) is 1. The number of quaternary nitrogens is 2. The summed E-state index contributed by atoms with van der Waals surface area (Å²) in [5.74, 6) is -0.0348. The average Bonchev–Trinajstić information content (AvgIpc) is 2.56. The van der Waals surface area contributed by atoms with Crippen LogP contribution in [0.15, 0.2) is 24.3 Å². The summed E-state index contributed by atoms with van der Waals surface area (Å²) in [6.45, 7) is 12.9. The monoisotopic (exact) mass is 410 g/mol. The van der Waals surface area contributed by atoms with Crippen LogP contribution in [0, 0.1) is 11.7 Å². The predicted molar refractivity (Wildman–Crippen MR) is 93.3 cm³/mol. The first-order chi connectivity index (χ1) is 11.5. The van der Waals surface area contributed by atoms with Crippen LogP contribution in [-0.4, -0.2) is 38.8 Å². The largest absolute Gasteiger partial charge is 1.00 e. The first-order valence-corrected chi connectivity index (χ1v) is 9.06. The van der Waals surface area contributed by atoms with Gasteiger partial charge in [-0.25, -0.2) is 9.18 Å². The van der Waals surface area contributed by atoms with Gasteiger partial charge in [-0.05, 0) is 50.5 Å². The second-order valence-electron chi connectivity index (χ2n) is 6.61. The average molecular weight is 411 g/mol. The lowest BCUT2D eigenvalue weighted by Crippen LogP contribution is -3.14. The van der Waals surface area contributed by atoms with Gasteiger partial charge in [0.1, 0.15) is 18.9 Å². The first-order valence-electron chi connectivity index (χ1n) is 9.06. The van der Waals surface area contributed by atoms with Gasteiger partial charge in [0.2, 0.25) is 6.04 Å². The van der Waals surface area contributed by atoms with Gasteiger partial charge in [0, 0.05) is 5.56 Å². The van der Waals surface area contributed by atoms with Crippen molar-refractivity contribution < 1.29 is 49.0 Å². The van der Waals surface area contributed by atoms with Crippen molar-refractivity contribution in [3.63, 3.8) is 0 Å². The van der Waals surface area contributed by atoms with Crippen molar-refractivity contribution in [1.29, 1.82) is 0 Å². The Balaban J connectivity index is 0. The van der Waals surface area contributed by atoms with E-state index in [1.165, 1.54) is 17.0 Å². The molecular weight excluding hydrogens is 378 g/mol. The lowest BCUT2D eigenvalue weighted by Gasteiger charge is -2.18. The minimum Gasteiger partial charge on any atom is -1.00 e. The number of hydrogen-bond donors (Lipinski definition) is 2. The molecule has 0 aliphatic heterocycles. The van der Waals surface area contributed by atoms with Crippen molar-refractivity contribution in [3.8, 4) is 0 Å². The molecule has 0 bridgehead atoms. The molecule has 3 N–H and O–H groups in total. The van der Waals surface area contributed by atoms with Crippen LogP contribution in [0.3, 0.4) is 0 Å². The predicted octanol–water partition coefficient (Wildman–Crippen LogP) is -5.05. The highest BCUT2D eigenvalue weighted by atomic mass is 35.5. The summed E-state index contributed by atoms with van der Waals surface area (Å²) < 4.78 is 18.6. The molecule has 0 heterocycles. The Morgan fingerprint density at radius 1 is 1.15 bits per heavy atom. The van der Waals surface area contributed by atoms with Crippen LogP contribution in [0.5, 0.6) is 0 Å². The molecule has 1 unspecified atom stereocenters. The molecule has 0 saturated heterocycles. The van der Waals surface area contributed by atoms with E-state index in [9.17, 15) is 9.18 Å². The Kier molecular flexibility index (Phi) is 16.0. The number of ether oxygens (including phenoxy) is 1. The van der Waals surface area contributed by atoms with E-state index in [4.69, 9.17) is 4.74 Å². The summed E-state index contributed by atoms with van der Waals surface area (Å²) in [5, 5.41) is 2.01. The molecule has 0 radical (unpaired) electrons. The van der Waals surface area contributed by atoms with E-state index in [0.29, 0.717) is 12.5 Å². The number of rotatable bonds is 11. The van der Waals surface area contributed by atoms with Crippen molar-refractivity contribution in [2.45, 2.75) is 40.2 Å². The van der Waals surface area contributed by atoms with Crippen LogP contribution in [0.2, 0.25) is 0 Å². The maximum atomic E-state index is 13.2. The minimum absolute atomic E-state index is 0. The second kappa shape index (κ2) is 15.2. The lowest BCUT2D eigenvalue weighted by molar-refractivity contribution is -0.910. The fourth-order valence-corrected chi connectivity index (χ4v) is 2.58. The van der Waals surface area contributed by atoms with Crippen LogP contribution < -0.4 is 35.0 Å². The first kappa shape index (κ1) is 27.3. The Hall–Kier alpha value is -0.880. The van der Waals surface area contributed by atoms with Crippen molar-refractivity contribution >= 4 is 5.97 Å². The topological polar surface area (TPSA) is 47.4 Å². The molecule has 0 amide bonds. The smallest absolute Gasteiger partial charge is 0.369 e. The number of esters is 1. The Bertz CT molecular complexity index is 483. The van der Waals surface area contributed by atoms with Gasteiger partial charge in [-0.3, -0.25) is 0 Å². The molecule has 0 saturated carbocycles. The van der Waals surface area contributed by atoms with Gasteiger partial charge in [0.15, 0.2) is 0 Å². The molecule has 7 heteroatoms. The number of likely N-dealkylation sites (N-methyl/N-ethyl adjacent to an activating group) is 1. The van der Waals surface area contributed by atoms with E-state index in [2.05, 4.69) is 27.7 Å². The quantitative estimate of drug-likeness (QED) is 0.358. The number of benzene rings is 1. The van der Waals surface area contributed by atoms with E-state index >= 15 is 0 Å². The molecule has 1 rings (SSSR count). The molecule has 0 aliphatic carbocycles. The van der Waals surface area contributed by atoms with Crippen LogP contribution >= 0.6 is 0 Å². The molecular formula is C19H33Cl2FN2O2. The van der Waals surface area contributed by atoms with Gasteiger partial charge in [0.05, 0.1) is 19.7 Å². The van der Waals surface area contributed by atoms with Gasteiger partial charge >= 0.3 is 5.97 Å². The number of hydrogen-bond acceptors (Lipinski definition) is 2. The minimum atomic E-state index is -0.423. The Labute approximate surface area is 169 Å². The molecule has 1 aromatic rings. The van der Waals surface area contributed by atoms with Crippen LogP contribution in [0.4, 0.5) is 4.39 Å². The number of carbonyl (C=O) groups is 1. The van der Waals surface area contributed by atoms with Crippen LogP contribution in [0.1, 0.15) is 45.7 Å². The highest BCUT2D eigenvalue weighted by molar-refractivity contribution is 5.75. The summed E-state index contributed by atoms with van der Waals surface area (Å²) >= 11 is 0. The zero-order valence-electron chi connectivity index (χ0n) is 16.2. The zero-order chi connectivity index (χ0) is 17.9. The number of nitrogens with two attached hydrogens (primary N) is 1. The Morgan fingerprint density at radius 2 is 1.73 bits per heavy atom. The molecule has 152 valence electrons. The van der Waals surface area contributed by atoms with Crippen LogP contribution in [-0.2, 0) is 9.53 Å². The fourth-order valence-electron chi connectivity index (χ4n) is 2.58. The van der Waals surface area contributed by atoms with E-state index < -0.39 is 6.04 Å². The summed E-state index contributed by atoms with van der Waals surface area (Å²) in [6, 6.07) is 5.71. The maximum absolute atomic E-state index is 13.2. The number of halogens is 3. The van der Waals surface area contributed by atoms with Gasteiger partial charge < -0.3 is 39.8 Å². The molecule has 0 spiro atoms. The van der Waals surface area contributed by atoms with Gasteiger partial charge in [0.25, 0.3) is 0 Å². The normalized spacial score (nSPS) is 11.7. The highest BCUT2D eigenvalue weighted by Crippen LogP contribution is 2.12. The number of carbonyl (C=O) groups excluding carboxylic acids is 1. The van der Waals surface area contributed by atoms with Crippen molar-refractivity contribution in [3.05, 3.63) is 35.6 Å². The molecule has 0 aliphatic rings. The third kappa shape index (κ3) is 10.3. The third-order valence-electron chi connectivity index (χ3n) is 4.32. The summed E-state index contributed by atoms with van der Waals surface area (Å²) in [4.78, 5) is 14.0. The van der Waals surface area contributed by atoms with E-state index in [0.717, 1.165) is 38.2 Å². The molecule has 0 fully saturated rings. The fraction of sp³-hybridized carbons (Fsp3) is 0.632. The summed E-state index contributed by atoms with van der Waals surface area (Å²) in [7, 11) is 0. The van der Waals surface area contributed by atoms with Crippen molar-refractivity contribution in [1.82, 2.24) is 0 Å². The highest BCUT2D eigenvalue weighted by Gasteiger charge is 2.26. The molecule has 4 nitrogen and oxygen atoms in total. The molecule has 0 aromatic heterocycles. The molecule has 1 aromatic carbocycles. The maximum Gasteiger partial charge on any atom is 0.369 e. The van der Waals surface area contributed by atoms with Crippen molar-refractivity contribution in [2.75, 3.05) is 32.8 Å². The van der Waals surface area contributed by atoms with E-state index in [1.807, 2.05) is 5.32 Å². The second-order valence-corrected chi connectivity index (χ2v) is 6.61.